The lowest BCUT2D eigenvalue weighted by Gasteiger charge is -2.16. The number of carbonyl (C=O) groups excluding carboxylic acids is 2. The maximum atomic E-state index is 13.1. The highest BCUT2D eigenvalue weighted by molar-refractivity contribution is 7.57. The third-order valence-corrected chi connectivity index (χ3v) is 3.46. The first-order valence-electron chi connectivity index (χ1n) is 5.96. The SMILES string of the molecule is CC(C)(C)C(=O)OCOC(=O)NCCC(F)P(C)(=O)O. The van der Waals surface area contributed by atoms with Gasteiger partial charge >= 0.3 is 12.1 Å². The van der Waals surface area contributed by atoms with Crippen molar-refractivity contribution in [3.8, 4) is 0 Å². The van der Waals surface area contributed by atoms with E-state index < -0.39 is 37.6 Å². The molecular formula is C11H21FNO6P. The zero-order chi connectivity index (χ0) is 16.0. The van der Waals surface area contributed by atoms with Gasteiger partial charge in [0.15, 0.2) is 5.91 Å². The summed E-state index contributed by atoms with van der Waals surface area (Å²) < 4.78 is 33.2. The number of hydrogen-bond acceptors (Lipinski definition) is 5. The number of hydrogen-bond donors (Lipinski definition) is 2. The Hall–Kier alpha value is -1.14. The molecule has 2 unspecified atom stereocenters. The van der Waals surface area contributed by atoms with Crippen LogP contribution in [0.5, 0.6) is 0 Å². The van der Waals surface area contributed by atoms with Crippen molar-refractivity contribution in [2.24, 2.45) is 5.41 Å². The Labute approximate surface area is 117 Å². The molecular weight excluding hydrogens is 292 g/mol. The Morgan fingerprint density at radius 2 is 1.90 bits per heavy atom. The second kappa shape index (κ2) is 7.59. The van der Waals surface area contributed by atoms with Crippen LogP contribution >= 0.6 is 7.37 Å². The second-order valence-corrected chi connectivity index (χ2v) is 7.77. The quantitative estimate of drug-likeness (QED) is 0.441. The number of rotatable bonds is 6. The molecule has 7 nitrogen and oxygen atoms in total. The van der Waals surface area contributed by atoms with Crippen molar-refractivity contribution in [1.82, 2.24) is 5.32 Å². The molecule has 0 aliphatic rings. The molecule has 0 aliphatic heterocycles. The molecule has 0 saturated carbocycles. The minimum absolute atomic E-state index is 0.161. The van der Waals surface area contributed by atoms with E-state index >= 15 is 0 Å². The number of nitrogens with one attached hydrogen (secondary N) is 1. The van der Waals surface area contributed by atoms with Gasteiger partial charge < -0.3 is 19.7 Å². The fourth-order valence-corrected chi connectivity index (χ4v) is 1.55. The van der Waals surface area contributed by atoms with E-state index in [1.54, 1.807) is 20.8 Å². The number of halogens is 1. The van der Waals surface area contributed by atoms with E-state index in [2.05, 4.69) is 14.8 Å². The molecule has 118 valence electrons. The first-order chi connectivity index (χ1) is 8.94. The molecule has 0 aromatic rings. The van der Waals surface area contributed by atoms with E-state index in [0.29, 0.717) is 0 Å². The third-order valence-electron chi connectivity index (χ3n) is 2.16. The van der Waals surface area contributed by atoms with Gasteiger partial charge in [0.25, 0.3) is 0 Å². The summed E-state index contributed by atoms with van der Waals surface area (Å²) in [7, 11) is -3.80. The molecule has 0 aromatic heterocycles. The summed E-state index contributed by atoms with van der Waals surface area (Å²) in [5.74, 6) is -2.43. The van der Waals surface area contributed by atoms with Crippen molar-refractivity contribution in [2.75, 3.05) is 20.0 Å². The fraction of sp³-hybridized carbons (Fsp3) is 0.818. The number of esters is 1. The molecule has 9 heteroatoms. The average molecular weight is 313 g/mol. The topological polar surface area (TPSA) is 102 Å². The molecule has 20 heavy (non-hydrogen) atoms. The van der Waals surface area contributed by atoms with Crippen LogP contribution in [0.25, 0.3) is 0 Å². The number of alkyl halides is 1. The monoisotopic (exact) mass is 313 g/mol. The molecule has 0 saturated heterocycles. The van der Waals surface area contributed by atoms with Crippen LogP contribution in [0.1, 0.15) is 27.2 Å². The maximum Gasteiger partial charge on any atom is 0.410 e. The van der Waals surface area contributed by atoms with Gasteiger partial charge in [0.1, 0.15) is 0 Å². The van der Waals surface area contributed by atoms with E-state index in [1.165, 1.54) is 0 Å². The Bertz CT molecular complexity index is 389. The molecule has 0 fully saturated rings. The first kappa shape index (κ1) is 18.9. The van der Waals surface area contributed by atoms with E-state index in [-0.39, 0.29) is 13.0 Å². The Morgan fingerprint density at radius 1 is 1.35 bits per heavy atom. The standard InChI is InChI=1S/C11H21FNO6P/c1-11(2,3)9(14)18-7-19-10(15)13-6-5-8(12)20(4,16)17/h8H,5-7H2,1-4H3,(H,13,15)(H,16,17). The lowest BCUT2D eigenvalue weighted by molar-refractivity contribution is -0.161. The van der Waals surface area contributed by atoms with Crippen LogP contribution in [0.15, 0.2) is 0 Å². The summed E-state index contributed by atoms with van der Waals surface area (Å²) in [5, 5.41) is 2.17. The Morgan fingerprint density at radius 3 is 2.35 bits per heavy atom. The Balaban J connectivity index is 3.81. The zero-order valence-corrected chi connectivity index (χ0v) is 12.9. The number of amides is 1. The molecule has 0 heterocycles. The third kappa shape index (κ3) is 8.12. The van der Waals surface area contributed by atoms with Crippen LogP contribution in [0.4, 0.5) is 9.18 Å². The minimum atomic E-state index is -3.80. The molecule has 0 aliphatic carbocycles. The van der Waals surface area contributed by atoms with Crippen LogP contribution in [0, 0.1) is 5.41 Å². The van der Waals surface area contributed by atoms with E-state index in [9.17, 15) is 18.5 Å². The van der Waals surface area contributed by atoms with Gasteiger partial charge in [0, 0.05) is 19.6 Å². The summed E-state index contributed by atoms with van der Waals surface area (Å²) in [5.41, 5.74) is -0.704. The minimum Gasteiger partial charge on any atom is -0.427 e. The van der Waals surface area contributed by atoms with Gasteiger partial charge in [-0.05, 0) is 20.8 Å². The van der Waals surface area contributed by atoms with E-state index in [0.717, 1.165) is 6.66 Å². The summed E-state index contributed by atoms with van der Waals surface area (Å²) in [6.45, 7) is 5.14. The predicted molar refractivity (Wildman–Crippen MR) is 70.2 cm³/mol. The van der Waals surface area contributed by atoms with Crippen molar-refractivity contribution >= 4 is 19.4 Å². The lowest BCUT2D eigenvalue weighted by atomic mass is 9.98. The van der Waals surface area contributed by atoms with Gasteiger partial charge in [-0.15, -0.1) is 0 Å². The molecule has 0 aromatic carbocycles. The molecule has 1 amide bonds. The fourth-order valence-electron chi connectivity index (χ4n) is 0.937. The first-order valence-corrected chi connectivity index (χ1v) is 8.14. The molecule has 2 atom stereocenters. The number of carbonyl (C=O) groups is 2. The molecule has 0 bridgehead atoms. The van der Waals surface area contributed by atoms with Gasteiger partial charge in [-0.1, -0.05) is 0 Å². The maximum absolute atomic E-state index is 13.1. The second-order valence-electron chi connectivity index (χ2n) is 5.32. The smallest absolute Gasteiger partial charge is 0.410 e. The average Bonchev–Trinajstić information content (AvgIpc) is 2.26. The predicted octanol–water partition coefficient (Wildman–Crippen LogP) is 1.85. The number of ether oxygens (including phenoxy) is 2. The number of alkyl carbamates (subject to hydrolysis) is 1. The molecule has 2 N–H and O–H groups in total. The van der Waals surface area contributed by atoms with Gasteiger partial charge in [0.05, 0.1) is 5.41 Å². The van der Waals surface area contributed by atoms with Gasteiger partial charge in [-0.25, -0.2) is 9.18 Å². The van der Waals surface area contributed by atoms with Crippen molar-refractivity contribution in [3.63, 3.8) is 0 Å². The van der Waals surface area contributed by atoms with Crippen molar-refractivity contribution in [3.05, 3.63) is 0 Å². The lowest BCUT2D eigenvalue weighted by Crippen LogP contribution is -2.30. The van der Waals surface area contributed by atoms with Gasteiger partial charge in [-0.3, -0.25) is 9.36 Å². The normalized spacial score (nSPS) is 15.9. The highest BCUT2D eigenvalue weighted by Gasteiger charge is 2.25. The molecule has 0 radical (unpaired) electrons. The van der Waals surface area contributed by atoms with Crippen LogP contribution in [0.3, 0.4) is 0 Å². The Kier molecular flexibility index (Phi) is 7.16. The highest BCUT2D eigenvalue weighted by atomic mass is 31.2. The van der Waals surface area contributed by atoms with E-state index in [1.807, 2.05) is 0 Å². The molecule has 0 spiro atoms. The van der Waals surface area contributed by atoms with Crippen molar-refractivity contribution in [2.45, 2.75) is 33.1 Å². The highest BCUT2D eigenvalue weighted by Crippen LogP contribution is 2.43. The largest absolute Gasteiger partial charge is 0.427 e. The van der Waals surface area contributed by atoms with Crippen molar-refractivity contribution in [1.29, 1.82) is 0 Å². The zero-order valence-electron chi connectivity index (χ0n) is 12.0. The van der Waals surface area contributed by atoms with Gasteiger partial charge in [0.2, 0.25) is 14.2 Å². The molecule has 0 rings (SSSR count). The van der Waals surface area contributed by atoms with E-state index in [4.69, 9.17) is 4.89 Å². The van der Waals surface area contributed by atoms with Crippen LogP contribution in [-0.2, 0) is 18.8 Å². The van der Waals surface area contributed by atoms with Crippen LogP contribution < -0.4 is 5.32 Å². The van der Waals surface area contributed by atoms with Crippen molar-refractivity contribution < 1.29 is 32.9 Å². The summed E-state index contributed by atoms with van der Waals surface area (Å²) in [6.07, 6.45) is -1.20. The van der Waals surface area contributed by atoms with Crippen LogP contribution in [0.2, 0.25) is 0 Å². The summed E-state index contributed by atoms with van der Waals surface area (Å²) >= 11 is 0. The van der Waals surface area contributed by atoms with Gasteiger partial charge in [-0.2, -0.15) is 0 Å². The van der Waals surface area contributed by atoms with Crippen LogP contribution in [-0.4, -0.2) is 42.9 Å². The summed E-state index contributed by atoms with van der Waals surface area (Å²) in [6, 6.07) is 0. The summed E-state index contributed by atoms with van der Waals surface area (Å²) in [4.78, 5) is 31.4.